The maximum Gasteiger partial charge on any atom is 0.0992 e. The molecule has 0 aromatic heterocycles. The largest absolute Gasteiger partial charge is 0.373 e. The summed E-state index contributed by atoms with van der Waals surface area (Å²) >= 11 is 6.09. The first kappa shape index (κ1) is 12.4. The van der Waals surface area contributed by atoms with Crippen LogP contribution in [0.3, 0.4) is 0 Å². The molecule has 0 radical (unpaired) electrons. The SMILES string of the molecule is N#Cc1ccc(COC2CCCCC2)c(Cl)c1. The third kappa shape index (κ3) is 3.46. The molecule has 0 spiro atoms. The van der Waals surface area contributed by atoms with Gasteiger partial charge in [-0.2, -0.15) is 5.26 Å². The first-order chi connectivity index (χ1) is 8.29. The van der Waals surface area contributed by atoms with Gasteiger partial charge in [-0.1, -0.05) is 36.9 Å². The van der Waals surface area contributed by atoms with E-state index < -0.39 is 0 Å². The average Bonchev–Trinajstić information content (AvgIpc) is 2.38. The smallest absolute Gasteiger partial charge is 0.0992 e. The minimum absolute atomic E-state index is 0.385. The van der Waals surface area contributed by atoms with Crippen LogP contribution in [-0.4, -0.2) is 6.10 Å². The molecule has 1 aromatic rings. The highest BCUT2D eigenvalue weighted by atomic mass is 35.5. The molecule has 0 heterocycles. The van der Waals surface area contributed by atoms with Gasteiger partial charge in [0.1, 0.15) is 0 Å². The summed E-state index contributed by atoms with van der Waals surface area (Å²) in [5.41, 5.74) is 1.56. The molecule has 0 N–H and O–H groups in total. The van der Waals surface area contributed by atoms with Gasteiger partial charge in [0.05, 0.1) is 24.3 Å². The summed E-state index contributed by atoms with van der Waals surface area (Å²) in [6, 6.07) is 7.43. The zero-order chi connectivity index (χ0) is 12.1. The van der Waals surface area contributed by atoms with Crippen LogP contribution in [-0.2, 0) is 11.3 Å². The molecule has 0 atom stereocenters. The van der Waals surface area contributed by atoms with Crippen LogP contribution < -0.4 is 0 Å². The van der Waals surface area contributed by atoms with Crippen LogP contribution in [0.15, 0.2) is 18.2 Å². The molecule has 0 unspecified atom stereocenters. The van der Waals surface area contributed by atoms with Gasteiger partial charge in [-0.3, -0.25) is 0 Å². The third-order valence-corrected chi connectivity index (χ3v) is 3.56. The molecule has 17 heavy (non-hydrogen) atoms. The van der Waals surface area contributed by atoms with E-state index in [1.54, 1.807) is 12.1 Å². The van der Waals surface area contributed by atoms with E-state index in [-0.39, 0.29) is 0 Å². The Balaban J connectivity index is 1.92. The molecule has 0 aliphatic heterocycles. The van der Waals surface area contributed by atoms with E-state index in [1.807, 2.05) is 6.07 Å². The Bertz CT molecular complexity index is 419. The van der Waals surface area contributed by atoms with Crippen molar-refractivity contribution < 1.29 is 4.74 Å². The predicted octanol–water partition coefficient (Wildman–Crippen LogP) is 4.06. The zero-order valence-electron chi connectivity index (χ0n) is 9.79. The van der Waals surface area contributed by atoms with Crippen molar-refractivity contribution in [1.82, 2.24) is 0 Å². The second-order valence-corrected chi connectivity index (χ2v) is 4.90. The second-order valence-electron chi connectivity index (χ2n) is 4.49. The molecule has 1 aliphatic rings. The average molecular weight is 250 g/mol. The van der Waals surface area contributed by atoms with E-state index >= 15 is 0 Å². The molecule has 0 saturated heterocycles. The molecular formula is C14H16ClNO. The first-order valence-electron chi connectivity index (χ1n) is 6.10. The predicted molar refractivity (Wildman–Crippen MR) is 67.8 cm³/mol. The molecule has 0 bridgehead atoms. The fourth-order valence-corrected chi connectivity index (χ4v) is 2.41. The number of benzene rings is 1. The quantitative estimate of drug-likeness (QED) is 0.809. The third-order valence-electron chi connectivity index (χ3n) is 3.21. The normalized spacial score (nSPS) is 16.7. The van der Waals surface area contributed by atoms with Gasteiger partial charge in [-0.25, -0.2) is 0 Å². The first-order valence-corrected chi connectivity index (χ1v) is 6.47. The van der Waals surface area contributed by atoms with Crippen LogP contribution in [0.2, 0.25) is 5.02 Å². The van der Waals surface area contributed by atoms with Gasteiger partial charge in [0, 0.05) is 5.02 Å². The lowest BCUT2D eigenvalue weighted by Gasteiger charge is -2.22. The lowest BCUT2D eigenvalue weighted by molar-refractivity contribution is 0.0169. The van der Waals surface area contributed by atoms with Crippen molar-refractivity contribution in [1.29, 1.82) is 5.26 Å². The Morgan fingerprint density at radius 3 is 2.71 bits per heavy atom. The molecule has 0 amide bonds. The fraction of sp³-hybridized carbons (Fsp3) is 0.500. The standard InChI is InChI=1S/C14H16ClNO/c15-14-8-11(9-16)6-7-12(14)10-17-13-4-2-1-3-5-13/h6-8,13H,1-5,10H2. The van der Waals surface area contributed by atoms with Crippen molar-refractivity contribution in [3.05, 3.63) is 34.3 Å². The molecule has 1 fully saturated rings. The lowest BCUT2D eigenvalue weighted by Crippen LogP contribution is -2.16. The topological polar surface area (TPSA) is 33.0 Å². The Labute approximate surface area is 107 Å². The van der Waals surface area contributed by atoms with Gasteiger partial charge in [0.2, 0.25) is 0 Å². The summed E-state index contributed by atoms with van der Waals surface area (Å²) in [6.07, 6.45) is 6.58. The highest BCUT2D eigenvalue weighted by Gasteiger charge is 2.14. The second kappa shape index (κ2) is 6.05. The van der Waals surface area contributed by atoms with Crippen molar-refractivity contribution in [3.63, 3.8) is 0 Å². The minimum Gasteiger partial charge on any atom is -0.373 e. The summed E-state index contributed by atoms with van der Waals surface area (Å²) in [5.74, 6) is 0. The van der Waals surface area contributed by atoms with Crippen molar-refractivity contribution >= 4 is 11.6 Å². The fourth-order valence-electron chi connectivity index (χ4n) is 2.17. The molecule has 1 aliphatic carbocycles. The van der Waals surface area contributed by atoms with Crippen LogP contribution in [0.5, 0.6) is 0 Å². The van der Waals surface area contributed by atoms with Gasteiger partial charge in [0.25, 0.3) is 0 Å². The van der Waals surface area contributed by atoms with Gasteiger partial charge < -0.3 is 4.74 Å². The number of ether oxygens (including phenoxy) is 1. The summed E-state index contributed by atoms with van der Waals surface area (Å²) in [4.78, 5) is 0. The van der Waals surface area contributed by atoms with Crippen LogP contribution in [0, 0.1) is 11.3 Å². The number of rotatable bonds is 3. The van der Waals surface area contributed by atoms with Crippen LogP contribution in [0.1, 0.15) is 43.2 Å². The highest BCUT2D eigenvalue weighted by Crippen LogP contribution is 2.23. The van der Waals surface area contributed by atoms with Crippen molar-refractivity contribution in [2.24, 2.45) is 0 Å². The molecule has 1 aromatic carbocycles. The number of hydrogen-bond donors (Lipinski definition) is 0. The highest BCUT2D eigenvalue weighted by molar-refractivity contribution is 6.31. The Morgan fingerprint density at radius 1 is 1.29 bits per heavy atom. The number of halogens is 1. The van der Waals surface area contributed by atoms with Crippen molar-refractivity contribution in [2.45, 2.75) is 44.8 Å². The van der Waals surface area contributed by atoms with Crippen molar-refractivity contribution in [3.8, 4) is 6.07 Å². The monoisotopic (exact) mass is 249 g/mol. The van der Waals surface area contributed by atoms with E-state index in [0.717, 1.165) is 18.4 Å². The summed E-state index contributed by atoms with van der Waals surface area (Å²) in [7, 11) is 0. The van der Waals surface area contributed by atoms with E-state index in [9.17, 15) is 0 Å². The minimum atomic E-state index is 0.385. The molecular weight excluding hydrogens is 234 g/mol. The Hall–Kier alpha value is -1.04. The van der Waals surface area contributed by atoms with Crippen LogP contribution in [0.25, 0.3) is 0 Å². The summed E-state index contributed by atoms with van der Waals surface area (Å²) in [6.45, 7) is 0.551. The van der Waals surface area contributed by atoms with Crippen LogP contribution in [0.4, 0.5) is 0 Å². The lowest BCUT2D eigenvalue weighted by atomic mass is 9.98. The van der Waals surface area contributed by atoms with Crippen molar-refractivity contribution in [2.75, 3.05) is 0 Å². The molecule has 1 saturated carbocycles. The van der Waals surface area contributed by atoms with Gasteiger partial charge in [-0.15, -0.1) is 0 Å². The van der Waals surface area contributed by atoms with Crippen LogP contribution >= 0.6 is 11.6 Å². The number of hydrogen-bond acceptors (Lipinski definition) is 2. The Morgan fingerprint density at radius 2 is 2.06 bits per heavy atom. The van der Waals surface area contributed by atoms with E-state index in [0.29, 0.717) is 23.3 Å². The molecule has 2 nitrogen and oxygen atoms in total. The number of nitrogens with zero attached hydrogens (tertiary/aromatic N) is 1. The van der Waals surface area contributed by atoms with E-state index in [2.05, 4.69) is 6.07 Å². The van der Waals surface area contributed by atoms with Gasteiger partial charge >= 0.3 is 0 Å². The zero-order valence-corrected chi connectivity index (χ0v) is 10.5. The summed E-state index contributed by atoms with van der Waals surface area (Å²) < 4.78 is 5.86. The molecule has 3 heteroatoms. The maximum absolute atomic E-state index is 8.75. The molecule has 2 rings (SSSR count). The summed E-state index contributed by atoms with van der Waals surface area (Å²) in [5, 5.41) is 9.37. The molecule has 90 valence electrons. The maximum atomic E-state index is 8.75. The van der Waals surface area contributed by atoms with Gasteiger partial charge in [-0.05, 0) is 30.5 Å². The van der Waals surface area contributed by atoms with Gasteiger partial charge in [0.15, 0.2) is 0 Å². The van der Waals surface area contributed by atoms with E-state index in [1.165, 1.54) is 19.3 Å². The Kier molecular flexibility index (Phi) is 4.42. The van der Waals surface area contributed by atoms with E-state index in [4.69, 9.17) is 21.6 Å². The number of nitriles is 1.